The molecule has 1 saturated heterocycles. The molecule has 1 aliphatic rings. The second-order valence-electron chi connectivity index (χ2n) is 5.85. The molecule has 6 N–H and O–H groups in total. The van der Waals surface area contributed by atoms with E-state index in [2.05, 4.69) is 13.1 Å². The van der Waals surface area contributed by atoms with Crippen LogP contribution in [0, 0.1) is 0 Å². The molecule has 1 aromatic rings. The molecule has 0 aromatic carbocycles. The zero-order valence-corrected chi connectivity index (χ0v) is 17.0. The molecule has 29 heavy (non-hydrogen) atoms. The Bertz CT molecular complexity index is 986. The van der Waals surface area contributed by atoms with Gasteiger partial charge in [0, 0.05) is 16.8 Å². The maximum Gasteiger partial charge on any atom is 0.705 e. The minimum absolute atomic E-state index is 0.733. The summed E-state index contributed by atoms with van der Waals surface area (Å²) in [6.45, 7) is 0.0768. The minimum atomic E-state index is -5.45. The number of aromatic amines is 1. The molecule has 164 valence electrons. The van der Waals surface area contributed by atoms with Gasteiger partial charge < -0.3 is 19.8 Å². The molecule has 0 saturated carbocycles. The van der Waals surface area contributed by atoms with E-state index in [1.54, 1.807) is 0 Å². The van der Waals surface area contributed by atoms with Crippen molar-refractivity contribution in [1.29, 1.82) is 0 Å². The fourth-order valence-electron chi connectivity index (χ4n) is 2.41. The molecule has 7 atom stereocenters. The van der Waals surface area contributed by atoms with Crippen molar-refractivity contribution in [1.82, 2.24) is 9.55 Å². The highest BCUT2D eigenvalue weighted by Crippen LogP contribution is 2.63. The summed E-state index contributed by atoms with van der Waals surface area (Å²) >= 11 is 0. The minimum Gasteiger partial charge on any atom is -0.387 e. The van der Waals surface area contributed by atoms with Crippen LogP contribution in [0.5, 0.6) is 0 Å². The standard InChI is InChI=1S/C10H15N2O14P3/c1-10(16)7(14)5(24-8(10)12-3-2-6(13)11-9(12)15)4-23-28(19,20)26-29(21,22)25-27(17)18/h2-3,5,7-8,14,16H,4H2,1H3,(H3-,11,13,15,17,18,19,20,21,22)/p+1/t5-,7-,8-,10-/m1/s1. The number of nitrogens with one attached hydrogen (secondary N) is 1. The van der Waals surface area contributed by atoms with Crippen molar-refractivity contribution >= 4 is 23.9 Å². The van der Waals surface area contributed by atoms with Crippen LogP contribution in [0.15, 0.2) is 21.9 Å². The van der Waals surface area contributed by atoms with Crippen molar-refractivity contribution in [3.05, 3.63) is 33.1 Å². The van der Waals surface area contributed by atoms with E-state index in [9.17, 15) is 38.4 Å². The molecule has 1 aliphatic heterocycles. The van der Waals surface area contributed by atoms with Crippen molar-refractivity contribution in [3.8, 4) is 0 Å². The van der Waals surface area contributed by atoms with Gasteiger partial charge in [0.05, 0.1) is 6.61 Å². The molecule has 3 unspecified atom stereocenters. The second kappa shape index (κ2) is 8.55. The number of rotatable bonds is 8. The van der Waals surface area contributed by atoms with Crippen molar-refractivity contribution in [2.75, 3.05) is 6.61 Å². The lowest BCUT2D eigenvalue weighted by molar-refractivity contribution is -0.0986. The van der Waals surface area contributed by atoms with Crippen LogP contribution in [0.3, 0.4) is 0 Å². The van der Waals surface area contributed by atoms with Gasteiger partial charge >= 0.3 is 29.6 Å². The molecule has 16 nitrogen and oxygen atoms in total. The van der Waals surface area contributed by atoms with Crippen LogP contribution in [0.2, 0.25) is 0 Å². The van der Waals surface area contributed by atoms with Crippen molar-refractivity contribution in [2.24, 2.45) is 0 Å². The summed E-state index contributed by atoms with van der Waals surface area (Å²) in [5.74, 6) is 0. The highest BCUT2D eigenvalue weighted by atomic mass is 31.3. The summed E-state index contributed by atoms with van der Waals surface area (Å²) in [6, 6.07) is 0.942. The first kappa shape index (κ1) is 24.2. The number of phosphoric ester groups is 1. The number of nitrogens with zero attached hydrogens (tertiary/aromatic N) is 1. The fourth-order valence-corrected chi connectivity index (χ4v) is 5.08. The van der Waals surface area contributed by atoms with Crippen LogP contribution < -0.4 is 11.2 Å². The molecule has 0 spiro atoms. The molecule has 1 aromatic heterocycles. The highest BCUT2D eigenvalue weighted by Gasteiger charge is 2.54. The van der Waals surface area contributed by atoms with Crippen LogP contribution >= 0.6 is 23.9 Å². The normalized spacial score (nSPS) is 31.8. The molecule has 1 fully saturated rings. The van der Waals surface area contributed by atoms with Crippen LogP contribution in [-0.4, -0.2) is 58.9 Å². The van der Waals surface area contributed by atoms with E-state index in [0.717, 1.165) is 23.8 Å². The predicted octanol–water partition coefficient (Wildman–Crippen LogP) is -1.55. The summed E-state index contributed by atoms with van der Waals surface area (Å²) in [6.07, 6.45) is -3.92. The SMILES string of the molecule is C[C@@]1(O)[C@H](O)[C@@H](COP(=O)(O)OP(=O)(O)O[P+](=O)O)O[C@H]1n1ccc(=O)[nH]c1=O. The van der Waals surface area contributed by atoms with Gasteiger partial charge in [-0.1, -0.05) is 0 Å². The molecular formula is C10H16N2O14P3+. The van der Waals surface area contributed by atoms with Crippen molar-refractivity contribution < 1.29 is 56.5 Å². The third kappa shape index (κ3) is 5.95. The number of hydrogen-bond acceptors (Lipinski definition) is 11. The number of phosphoric acid groups is 2. The summed E-state index contributed by atoms with van der Waals surface area (Å²) < 4.78 is 51.1. The highest BCUT2D eigenvalue weighted by molar-refractivity contribution is 7.64. The Labute approximate surface area is 161 Å². The molecular weight excluding hydrogens is 465 g/mol. The summed E-state index contributed by atoms with van der Waals surface area (Å²) in [5, 5.41) is 20.6. The molecule has 0 aliphatic carbocycles. The Morgan fingerprint density at radius 2 is 1.97 bits per heavy atom. The number of ether oxygens (including phenoxy) is 1. The van der Waals surface area contributed by atoms with Crippen molar-refractivity contribution in [2.45, 2.75) is 31.0 Å². The van der Waals surface area contributed by atoms with Crippen molar-refractivity contribution in [3.63, 3.8) is 0 Å². The first-order chi connectivity index (χ1) is 13.1. The van der Waals surface area contributed by atoms with Gasteiger partial charge in [-0.2, -0.15) is 4.31 Å². The molecule has 0 radical (unpaired) electrons. The number of aromatic nitrogens is 2. The van der Waals surface area contributed by atoms with E-state index in [-0.39, 0.29) is 0 Å². The third-order valence-corrected chi connectivity index (χ3v) is 7.15. The van der Waals surface area contributed by atoms with E-state index in [1.165, 1.54) is 0 Å². The van der Waals surface area contributed by atoms with Gasteiger partial charge in [-0.05, 0) is 11.2 Å². The summed E-state index contributed by atoms with van der Waals surface area (Å²) in [4.78, 5) is 51.8. The number of aliphatic hydroxyl groups excluding tert-OH is 1. The maximum atomic E-state index is 11.9. The predicted molar refractivity (Wildman–Crippen MR) is 89.5 cm³/mol. The Kier molecular flexibility index (Phi) is 7.12. The lowest BCUT2D eigenvalue weighted by Gasteiger charge is -2.27. The molecule has 0 amide bonds. The average molecular weight is 481 g/mol. The molecule has 2 heterocycles. The average Bonchev–Trinajstić information content (AvgIpc) is 2.74. The van der Waals surface area contributed by atoms with Crippen LogP contribution in [0.1, 0.15) is 13.2 Å². The number of hydrogen-bond donors (Lipinski definition) is 6. The Morgan fingerprint density at radius 1 is 1.34 bits per heavy atom. The third-order valence-electron chi connectivity index (χ3n) is 3.64. The lowest BCUT2D eigenvalue weighted by atomic mass is 9.96. The fraction of sp³-hybridized carbons (Fsp3) is 0.600. The van der Waals surface area contributed by atoms with Gasteiger partial charge in [-0.25, -0.2) is 13.9 Å². The smallest absolute Gasteiger partial charge is 0.387 e. The summed E-state index contributed by atoms with van der Waals surface area (Å²) in [7, 11) is -14.5. The monoisotopic (exact) mass is 481 g/mol. The Hall–Kier alpha value is -1.12. The quantitative estimate of drug-likeness (QED) is 0.230. The molecule has 2 rings (SSSR count). The van der Waals surface area contributed by atoms with Crippen LogP contribution in [0.4, 0.5) is 0 Å². The van der Waals surface area contributed by atoms with E-state index >= 15 is 0 Å². The van der Waals surface area contributed by atoms with Gasteiger partial charge in [0.15, 0.2) is 6.23 Å². The van der Waals surface area contributed by atoms with E-state index in [1.807, 2.05) is 4.98 Å². The van der Waals surface area contributed by atoms with Crippen LogP contribution in [0.25, 0.3) is 0 Å². The zero-order valence-electron chi connectivity index (χ0n) is 14.3. The van der Waals surface area contributed by atoms with Gasteiger partial charge in [-0.15, -0.1) is 4.89 Å². The van der Waals surface area contributed by atoms with Gasteiger partial charge in [0.2, 0.25) is 0 Å². The first-order valence-electron chi connectivity index (χ1n) is 7.39. The van der Waals surface area contributed by atoms with Gasteiger partial charge in [0.1, 0.15) is 17.8 Å². The van der Waals surface area contributed by atoms with Gasteiger partial charge in [0.25, 0.3) is 5.56 Å². The maximum absolute atomic E-state index is 11.9. The van der Waals surface area contributed by atoms with Gasteiger partial charge in [-0.3, -0.25) is 23.8 Å². The van der Waals surface area contributed by atoms with E-state index in [0.29, 0.717) is 0 Å². The largest absolute Gasteiger partial charge is 0.705 e. The lowest BCUT2D eigenvalue weighted by Crippen LogP contribution is -2.46. The van der Waals surface area contributed by atoms with Crippen LogP contribution in [-0.2, 0) is 31.6 Å². The Morgan fingerprint density at radius 3 is 2.52 bits per heavy atom. The number of H-pyrrole nitrogens is 1. The first-order valence-corrected chi connectivity index (χ1v) is 11.5. The summed E-state index contributed by atoms with van der Waals surface area (Å²) in [5.41, 5.74) is -3.85. The zero-order chi connectivity index (χ0) is 22.2. The number of aliphatic hydroxyl groups is 2. The van der Waals surface area contributed by atoms with E-state index in [4.69, 9.17) is 14.5 Å². The van der Waals surface area contributed by atoms with E-state index < -0.39 is 65.8 Å². The molecule has 0 bridgehead atoms. The Balaban J connectivity index is 2.13. The topological polar surface area (TPSA) is 244 Å². The molecule has 19 heteroatoms. The second-order valence-corrected chi connectivity index (χ2v) is 9.76.